The van der Waals surface area contributed by atoms with Crippen molar-refractivity contribution in [3.8, 4) is 0 Å². The van der Waals surface area contributed by atoms with Gasteiger partial charge in [0.15, 0.2) is 0 Å². The highest BCUT2D eigenvalue weighted by molar-refractivity contribution is 5.88. The molecule has 0 aliphatic heterocycles. The number of pyridine rings is 1. The first kappa shape index (κ1) is 8.69. The van der Waals surface area contributed by atoms with Gasteiger partial charge in [-0.25, -0.2) is 0 Å². The van der Waals surface area contributed by atoms with E-state index in [1.165, 1.54) is 6.42 Å². The van der Waals surface area contributed by atoms with Crippen molar-refractivity contribution in [2.75, 3.05) is 0 Å². The fourth-order valence-corrected chi connectivity index (χ4v) is 1.33. The molecular weight excluding hydrogens is 176 g/mol. The van der Waals surface area contributed by atoms with Crippen LogP contribution in [0, 0.1) is 6.42 Å². The Morgan fingerprint density at radius 3 is 2.93 bits per heavy atom. The molecule has 1 aromatic carbocycles. The van der Waals surface area contributed by atoms with Gasteiger partial charge in [0.2, 0.25) is 5.91 Å². The number of hydrogen-bond acceptors (Lipinski definition) is 2. The predicted octanol–water partition coefficient (Wildman–Crippen LogP) is 1.27. The molecule has 0 atom stereocenters. The number of carbonyl (C=O) groups excluding carboxylic acids is 1. The summed E-state index contributed by atoms with van der Waals surface area (Å²) in [6, 6.07) is 9.60. The van der Waals surface area contributed by atoms with Crippen molar-refractivity contribution in [1.82, 2.24) is 4.98 Å². The molecule has 2 N–H and O–H groups in total. The first-order valence-electron chi connectivity index (χ1n) is 4.25. The Bertz CT molecular complexity index is 479. The molecule has 0 aliphatic rings. The van der Waals surface area contributed by atoms with Crippen LogP contribution in [0.1, 0.15) is 5.56 Å². The lowest BCUT2D eigenvalue weighted by Gasteiger charge is -1.99. The number of nitrogens with two attached hydrogens (primary N) is 1. The summed E-state index contributed by atoms with van der Waals surface area (Å²) < 4.78 is 0. The van der Waals surface area contributed by atoms with Gasteiger partial charge in [-0.3, -0.25) is 9.78 Å². The van der Waals surface area contributed by atoms with Crippen molar-refractivity contribution in [1.29, 1.82) is 0 Å². The normalized spacial score (nSPS) is 10.3. The number of primary amides is 1. The van der Waals surface area contributed by atoms with Gasteiger partial charge < -0.3 is 5.73 Å². The number of amides is 1. The van der Waals surface area contributed by atoms with E-state index in [1.54, 1.807) is 6.20 Å². The molecule has 0 aliphatic carbocycles. The molecule has 1 amide bonds. The second-order valence-electron chi connectivity index (χ2n) is 3.01. The van der Waals surface area contributed by atoms with Crippen LogP contribution in [0.15, 0.2) is 36.5 Å². The number of rotatable bonds is 2. The Hall–Kier alpha value is -1.90. The van der Waals surface area contributed by atoms with Crippen molar-refractivity contribution in [2.45, 2.75) is 0 Å². The van der Waals surface area contributed by atoms with Crippen LogP contribution in [0.2, 0.25) is 0 Å². The molecule has 69 valence electrons. The average Bonchev–Trinajstić information content (AvgIpc) is 2.17. The van der Waals surface area contributed by atoms with Gasteiger partial charge in [0, 0.05) is 11.6 Å². The number of nitrogens with zero attached hydrogens (tertiary/aromatic N) is 1. The van der Waals surface area contributed by atoms with Crippen molar-refractivity contribution in [2.24, 2.45) is 5.73 Å². The van der Waals surface area contributed by atoms with Crippen molar-refractivity contribution >= 4 is 16.8 Å². The highest BCUT2D eigenvalue weighted by atomic mass is 16.1. The van der Waals surface area contributed by atoms with E-state index in [9.17, 15) is 4.79 Å². The molecule has 0 spiro atoms. The molecule has 0 saturated carbocycles. The Morgan fingerprint density at radius 1 is 1.36 bits per heavy atom. The maximum absolute atomic E-state index is 10.6. The molecule has 0 unspecified atom stereocenters. The standard InChI is InChI=1S/C11H9N2O/c12-11(14)6-8-5-9-3-1-2-4-10(9)13-7-8/h1-7H,(H2,12,14). The van der Waals surface area contributed by atoms with Crippen LogP contribution in [0.4, 0.5) is 0 Å². The van der Waals surface area contributed by atoms with Gasteiger partial charge in [0.25, 0.3) is 0 Å². The average molecular weight is 185 g/mol. The van der Waals surface area contributed by atoms with E-state index in [0.29, 0.717) is 0 Å². The van der Waals surface area contributed by atoms with E-state index >= 15 is 0 Å². The largest absolute Gasteiger partial charge is 0.369 e. The zero-order valence-corrected chi connectivity index (χ0v) is 7.47. The number of aromatic nitrogens is 1. The Balaban J connectivity index is 2.46. The van der Waals surface area contributed by atoms with Gasteiger partial charge in [0.1, 0.15) is 0 Å². The van der Waals surface area contributed by atoms with Crippen molar-refractivity contribution in [3.05, 3.63) is 48.5 Å². The number of fused-ring (bicyclic) bond motifs is 1. The van der Waals surface area contributed by atoms with E-state index in [1.807, 2.05) is 30.3 Å². The summed E-state index contributed by atoms with van der Waals surface area (Å²) in [5, 5.41) is 1.00. The van der Waals surface area contributed by atoms with Crippen molar-refractivity contribution in [3.63, 3.8) is 0 Å². The summed E-state index contributed by atoms with van der Waals surface area (Å²) in [7, 11) is 0. The molecule has 1 heterocycles. The number of hydrogen-bond donors (Lipinski definition) is 1. The van der Waals surface area contributed by atoms with Gasteiger partial charge in [-0.05, 0) is 17.7 Å². The zero-order valence-electron chi connectivity index (χ0n) is 7.47. The third-order valence-electron chi connectivity index (χ3n) is 1.92. The van der Waals surface area contributed by atoms with Gasteiger partial charge in [-0.15, -0.1) is 0 Å². The van der Waals surface area contributed by atoms with Crippen LogP contribution in [0.5, 0.6) is 0 Å². The van der Waals surface area contributed by atoms with E-state index in [-0.39, 0.29) is 0 Å². The summed E-state index contributed by atoms with van der Waals surface area (Å²) in [5.41, 5.74) is 6.69. The molecule has 3 heteroatoms. The summed E-state index contributed by atoms with van der Waals surface area (Å²) in [4.78, 5) is 14.8. The van der Waals surface area contributed by atoms with Crippen LogP contribution >= 0.6 is 0 Å². The summed E-state index contributed by atoms with van der Waals surface area (Å²) in [5.74, 6) is -0.456. The maximum atomic E-state index is 10.6. The first-order valence-corrected chi connectivity index (χ1v) is 4.25. The van der Waals surface area contributed by atoms with Crippen molar-refractivity contribution < 1.29 is 4.79 Å². The Labute approximate surface area is 81.6 Å². The fourth-order valence-electron chi connectivity index (χ4n) is 1.33. The highest BCUT2D eigenvalue weighted by Gasteiger charge is 2.00. The zero-order chi connectivity index (χ0) is 9.97. The monoisotopic (exact) mass is 185 g/mol. The SMILES string of the molecule is NC(=O)[CH]c1cnc2ccccc2c1. The lowest BCUT2D eigenvalue weighted by Crippen LogP contribution is -2.11. The minimum atomic E-state index is -0.456. The molecule has 0 bridgehead atoms. The van der Waals surface area contributed by atoms with E-state index in [0.717, 1.165) is 16.5 Å². The Morgan fingerprint density at radius 2 is 2.14 bits per heavy atom. The number of para-hydroxylation sites is 1. The third-order valence-corrected chi connectivity index (χ3v) is 1.92. The first-order chi connectivity index (χ1) is 6.75. The lowest BCUT2D eigenvalue weighted by atomic mass is 10.1. The third kappa shape index (κ3) is 1.71. The van der Waals surface area contributed by atoms with Gasteiger partial charge in [0.05, 0.1) is 11.9 Å². The van der Waals surface area contributed by atoms with E-state index in [2.05, 4.69) is 4.98 Å². The highest BCUT2D eigenvalue weighted by Crippen LogP contribution is 2.13. The van der Waals surface area contributed by atoms with E-state index < -0.39 is 5.91 Å². The molecule has 0 fully saturated rings. The van der Waals surface area contributed by atoms with Crippen LogP contribution in [0.3, 0.4) is 0 Å². The second-order valence-corrected chi connectivity index (χ2v) is 3.01. The number of carbonyl (C=O) groups is 1. The Kier molecular flexibility index (Phi) is 2.14. The summed E-state index contributed by atoms with van der Waals surface area (Å²) in [6.07, 6.45) is 2.99. The molecule has 3 nitrogen and oxygen atoms in total. The topological polar surface area (TPSA) is 56.0 Å². The molecule has 2 aromatic rings. The second kappa shape index (κ2) is 3.46. The predicted molar refractivity (Wildman–Crippen MR) is 54.3 cm³/mol. The molecule has 14 heavy (non-hydrogen) atoms. The molecule has 1 radical (unpaired) electrons. The van der Waals surface area contributed by atoms with Gasteiger partial charge >= 0.3 is 0 Å². The molecule has 1 aromatic heterocycles. The minimum Gasteiger partial charge on any atom is -0.369 e. The van der Waals surface area contributed by atoms with Crippen LogP contribution in [-0.4, -0.2) is 10.9 Å². The fraction of sp³-hybridized carbons (Fsp3) is 0. The van der Waals surface area contributed by atoms with Gasteiger partial charge in [-0.1, -0.05) is 18.2 Å². The summed E-state index contributed by atoms with van der Waals surface area (Å²) in [6.45, 7) is 0. The van der Waals surface area contributed by atoms with E-state index in [4.69, 9.17) is 5.73 Å². The minimum absolute atomic E-state index is 0.456. The van der Waals surface area contributed by atoms with Crippen LogP contribution in [0.25, 0.3) is 10.9 Å². The maximum Gasteiger partial charge on any atom is 0.226 e. The molecule has 2 rings (SSSR count). The quantitative estimate of drug-likeness (QED) is 0.766. The number of benzene rings is 1. The van der Waals surface area contributed by atoms with Gasteiger partial charge in [-0.2, -0.15) is 0 Å². The van der Waals surface area contributed by atoms with Crippen LogP contribution in [-0.2, 0) is 4.79 Å². The lowest BCUT2D eigenvalue weighted by molar-refractivity contribution is -0.114. The van der Waals surface area contributed by atoms with Crippen LogP contribution < -0.4 is 5.73 Å². The summed E-state index contributed by atoms with van der Waals surface area (Å²) >= 11 is 0. The molecular formula is C11H9N2O. The molecule has 0 saturated heterocycles. The smallest absolute Gasteiger partial charge is 0.226 e.